The maximum absolute atomic E-state index is 12.1. The smallest absolute Gasteiger partial charge is 0.240 e. The summed E-state index contributed by atoms with van der Waals surface area (Å²) in [5, 5.41) is 5.38. The summed E-state index contributed by atoms with van der Waals surface area (Å²) in [6.07, 6.45) is 4.57. The second-order valence-electron chi connectivity index (χ2n) is 6.95. The number of nitrogens with two attached hydrogens (primary N) is 2. The molecule has 3 amide bonds. The highest BCUT2D eigenvalue weighted by Crippen LogP contribution is 2.48. The summed E-state index contributed by atoms with van der Waals surface area (Å²) in [6.45, 7) is 2.75. The third-order valence-electron chi connectivity index (χ3n) is 4.73. The van der Waals surface area contributed by atoms with Gasteiger partial charge in [0.05, 0.1) is 6.04 Å². The minimum atomic E-state index is -0.848. The van der Waals surface area contributed by atoms with E-state index in [1.54, 1.807) is 0 Å². The molecule has 1 unspecified atom stereocenters. The van der Waals surface area contributed by atoms with E-state index in [9.17, 15) is 14.4 Å². The van der Waals surface area contributed by atoms with Crippen LogP contribution in [-0.4, -0.2) is 36.3 Å². The molecule has 1 heterocycles. The highest BCUT2D eigenvalue weighted by atomic mass is 16.2. The van der Waals surface area contributed by atoms with Crippen LogP contribution in [0.15, 0.2) is 0 Å². The maximum atomic E-state index is 12.1. The predicted molar refractivity (Wildman–Crippen MR) is 81.4 cm³/mol. The minimum absolute atomic E-state index is 0.0819. The summed E-state index contributed by atoms with van der Waals surface area (Å²) >= 11 is 0. The Kier molecular flexibility index (Phi) is 5.05. The van der Waals surface area contributed by atoms with Gasteiger partial charge in [-0.15, -0.1) is 0 Å². The van der Waals surface area contributed by atoms with E-state index in [-0.39, 0.29) is 29.6 Å². The molecule has 0 bridgehead atoms. The first-order chi connectivity index (χ1) is 10.3. The molecule has 0 aromatic carbocycles. The second kappa shape index (κ2) is 6.64. The molecular weight excluding hydrogens is 284 g/mol. The lowest BCUT2D eigenvalue weighted by atomic mass is 9.91. The minimum Gasteiger partial charge on any atom is -0.368 e. The molecule has 2 fully saturated rings. The monoisotopic (exact) mass is 310 g/mol. The van der Waals surface area contributed by atoms with Crippen molar-refractivity contribution in [1.29, 1.82) is 0 Å². The van der Waals surface area contributed by atoms with Gasteiger partial charge in [0.25, 0.3) is 0 Å². The number of amides is 3. The van der Waals surface area contributed by atoms with Crippen LogP contribution in [0.2, 0.25) is 0 Å². The first-order valence-corrected chi connectivity index (χ1v) is 7.94. The lowest BCUT2D eigenvalue weighted by Crippen LogP contribution is -2.52. The molecule has 2 rings (SSSR count). The topological polar surface area (TPSA) is 127 Å². The van der Waals surface area contributed by atoms with Crippen LogP contribution in [0, 0.1) is 11.3 Å². The van der Waals surface area contributed by atoms with Crippen LogP contribution in [0.4, 0.5) is 0 Å². The molecule has 2 aliphatic rings. The van der Waals surface area contributed by atoms with E-state index in [0.717, 1.165) is 19.3 Å². The summed E-state index contributed by atoms with van der Waals surface area (Å²) in [4.78, 5) is 35.5. The number of hydrogen-bond acceptors (Lipinski definition) is 4. The van der Waals surface area contributed by atoms with Gasteiger partial charge in [0.2, 0.25) is 17.7 Å². The van der Waals surface area contributed by atoms with Gasteiger partial charge >= 0.3 is 0 Å². The van der Waals surface area contributed by atoms with E-state index in [1.807, 2.05) is 0 Å². The zero-order valence-corrected chi connectivity index (χ0v) is 13.1. The third kappa shape index (κ3) is 4.43. The highest BCUT2D eigenvalue weighted by Gasteiger charge is 2.40. The summed E-state index contributed by atoms with van der Waals surface area (Å²) in [6, 6.07) is -1.49. The molecule has 1 saturated heterocycles. The molecule has 7 nitrogen and oxygen atoms in total. The molecule has 0 aromatic rings. The molecule has 124 valence electrons. The van der Waals surface area contributed by atoms with Crippen molar-refractivity contribution in [2.45, 2.75) is 57.5 Å². The first kappa shape index (κ1) is 16.7. The molecule has 0 aromatic heterocycles. The Hall–Kier alpha value is -1.63. The van der Waals surface area contributed by atoms with Crippen molar-refractivity contribution in [2.75, 3.05) is 6.54 Å². The van der Waals surface area contributed by atoms with E-state index in [2.05, 4.69) is 17.6 Å². The van der Waals surface area contributed by atoms with E-state index in [4.69, 9.17) is 11.5 Å². The highest BCUT2D eigenvalue weighted by molar-refractivity contribution is 5.89. The van der Waals surface area contributed by atoms with Crippen LogP contribution in [0.3, 0.4) is 0 Å². The third-order valence-corrected chi connectivity index (χ3v) is 4.73. The van der Waals surface area contributed by atoms with Crippen LogP contribution >= 0.6 is 0 Å². The maximum Gasteiger partial charge on any atom is 0.240 e. The number of piperidine rings is 1. The van der Waals surface area contributed by atoms with E-state index < -0.39 is 18.0 Å². The van der Waals surface area contributed by atoms with Gasteiger partial charge in [-0.05, 0) is 43.9 Å². The fourth-order valence-electron chi connectivity index (χ4n) is 2.91. The van der Waals surface area contributed by atoms with Crippen molar-refractivity contribution < 1.29 is 14.4 Å². The van der Waals surface area contributed by atoms with E-state index in [0.29, 0.717) is 19.4 Å². The van der Waals surface area contributed by atoms with Crippen molar-refractivity contribution in [3.8, 4) is 0 Å². The average Bonchev–Trinajstić information content (AvgIpc) is 3.17. The number of carbonyl (C=O) groups is 3. The molecule has 0 spiro atoms. The molecule has 22 heavy (non-hydrogen) atoms. The van der Waals surface area contributed by atoms with E-state index in [1.165, 1.54) is 0 Å². The van der Waals surface area contributed by atoms with Gasteiger partial charge in [-0.25, -0.2) is 0 Å². The fraction of sp³-hybridized carbons (Fsp3) is 0.800. The summed E-state index contributed by atoms with van der Waals surface area (Å²) in [7, 11) is 0. The SMILES string of the molecule is CC1(CC(N)C(=O)N[C@@H](C[C@@H]2CCCNC2=O)C(N)=O)CC1. The van der Waals surface area contributed by atoms with Gasteiger partial charge in [0, 0.05) is 12.5 Å². The normalized spacial score (nSPS) is 25.7. The Labute approximate surface area is 130 Å². The molecule has 1 aliphatic heterocycles. The molecule has 3 atom stereocenters. The van der Waals surface area contributed by atoms with Gasteiger partial charge in [0.1, 0.15) is 6.04 Å². The Bertz CT molecular complexity index is 462. The summed E-state index contributed by atoms with van der Waals surface area (Å²) < 4.78 is 0. The average molecular weight is 310 g/mol. The molecule has 1 aliphatic carbocycles. The number of primary amides is 1. The van der Waals surface area contributed by atoms with Crippen molar-refractivity contribution in [3.63, 3.8) is 0 Å². The molecule has 1 saturated carbocycles. The van der Waals surface area contributed by atoms with Crippen LogP contribution in [0.5, 0.6) is 0 Å². The quantitative estimate of drug-likeness (QED) is 0.500. The number of rotatable bonds is 7. The summed E-state index contributed by atoms with van der Waals surface area (Å²) in [5.74, 6) is -1.37. The van der Waals surface area contributed by atoms with Crippen molar-refractivity contribution >= 4 is 17.7 Å². The largest absolute Gasteiger partial charge is 0.368 e. The van der Waals surface area contributed by atoms with Crippen LogP contribution < -0.4 is 22.1 Å². The Morgan fingerprint density at radius 1 is 1.45 bits per heavy atom. The lowest BCUT2D eigenvalue weighted by Gasteiger charge is -2.26. The second-order valence-corrected chi connectivity index (χ2v) is 6.95. The zero-order chi connectivity index (χ0) is 16.3. The van der Waals surface area contributed by atoms with Gasteiger partial charge < -0.3 is 22.1 Å². The van der Waals surface area contributed by atoms with Gasteiger partial charge in [-0.1, -0.05) is 6.92 Å². The van der Waals surface area contributed by atoms with Gasteiger partial charge in [0.15, 0.2) is 0 Å². The lowest BCUT2D eigenvalue weighted by molar-refractivity contribution is -0.131. The molecular formula is C15H26N4O3. The fourth-order valence-corrected chi connectivity index (χ4v) is 2.91. The first-order valence-electron chi connectivity index (χ1n) is 7.94. The standard InChI is InChI=1S/C15H26N4O3/c1-15(4-5-15)8-10(16)14(22)19-11(12(17)20)7-9-3-2-6-18-13(9)21/h9-11H,2-8,16H2,1H3,(H2,17,20)(H,18,21)(H,19,22)/t9-,10?,11-/m0/s1. The van der Waals surface area contributed by atoms with Crippen molar-refractivity contribution in [1.82, 2.24) is 10.6 Å². The Balaban J connectivity index is 1.88. The van der Waals surface area contributed by atoms with Crippen molar-refractivity contribution in [3.05, 3.63) is 0 Å². The van der Waals surface area contributed by atoms with Crippen LogP contribution in [0.25, 0.3) is 0 Å². The molecule has 7 heteroatoms. The Morgan fingerprint density at radius 3 is 2.68 bits per heavy atom. The number of carbonyl (C=O) groups excluding carboxylic acids is 3. The Morgan fingerprint density at radius 2 is 2.14 bits per heavy atom. The molecule has 0 radical (unpaired) electrons. The summed E-state index contributed by atoms with van der Waals surface area (Å²) in [5.41, 5.74) is 11.4. The molecule has 6 N–H and O–H groups in total. The van der Waals surface area contributed by atoms with Gasteiger partial charge in [-0.3, -0.25) is 14.4 Å². The number of nitrogens with one attached hydrogen (secondary N) is 2. The number of hydrogen-bond donors (Lipinski definition) is 4. The van der Waals surface area contributed by atoms with Crippen molar-refractivity contribution in [2.24, 2.45) is 22.8 Å². The van der Waals surface area contributed by atoms with Gasteiger partial charge in [-0.2, -0.15) is 0 Å². The zero-order valence-electron chi connectivity index (χ0n) is 13.1. The predicted octanol–water partition coefficient (Wildman–Crippen LogP) is -0.610. The van der Waals surface area contributed by atoms with Crippen LogP contribution in [-0.2, 0) is 14.4 Å². The van der Waals surface area contributed by atoms with E-state index >= 15 is 0 Å². The van der Waals surface area contributed by atoms with Crippen LogP contribution in [0.1, 0.15) is 45.4 Å².